The molecule has 2 aromatic rings. The lowest BCUT2D eigenvalue weighted by Gasteiger charge is -2.32. The smallest absolute Gasteiger partial charge is 0.171 e. The van der Waals surface area contributed by atoms with Crippen molar-refractivity contribution in [2.75, 3.05) is 32.6 Å². The van der Waals surface area contributed by atoms with Crippen LogP contribution in [0.4, 0.5) is 0 Å². The van der Waals surface area contributed by atoms with Crippen LogP contribution < -0.4 is 4.74 Å². The number of morpholine rings is 1. The van der Waals surface area contributed by atoms with Crippen molar-refractivity contribution in [1.29, 1.82) is 0 Å². The molecule has 3 rings (SSSR count). The van der Waals surface area contributed by atoms with Crippen LogP contribution in [-0.2, 0) is 11.3 Å². The van der Waals surface area contributed by atoms with Crippen LogP contribution in [0.5, 0.6) is 5.75 Å². The molecule has 1 aliphatic heterocycles. The summed E-state index contributed by atoms with van der Waals surface area (Å²) in [7, 11) is 0. The molecule has 0 spiro atoms. The SMILES string of the molecule is CSc1ccc(CN2CCOC(COc3cccnc3Cl)C2)s1. The summed E-state index contributed by atoms with van der Waals surface area (Å²) < 4.78 is 12.9. The number of thiophene rings is 1. The van der Waals surface area contributed by atoms with Gasteiger partial charge in [0.25, 0.3) is 0 Å². The number of aromatic nitrogens is 1. The third kappa shape index (κ3) is 4.84. The van der Waals surface area contributed by atoms with E-state index in [4.69, 9.17) is 21.1 Å². The monoisotopic (exact) mass is 370 g/mol. The highest BCUT2D eigenvalue weighted by atomic mass is 35.5. The second-order valence-electron chi connectivity index (χ2n) is 5.26. The topological polar surface area (TPSA) is 34.6 Å². The van der Waals surface area contributed by atoms with Crippen molar-refractivity contribution in [3.05, 3.63) is 40.5 Å². The van der Waals surface area contributed by atoms with Gasteiger partial charge in [-0.2, -0.15) is 0 Å². The predicted molar refractivity (Wildman–Crippen MR) is 95.9 cm³/mol. The molecule has 1 aliphatic rings. The second kappa shape index (κ2) is 8.35. The van der Waals surface area contributed by atoms with E-state index in [9.17, 15) is 0 Å². The van der Waals surface area contributed by atoms with E-state index in [0.717, 1.165) is 26.2 Å². The number of thioether (sulfide) groups is 1. The highest BCUT2D eigenvalue weighted by Crippen LogP contribution is 2.26. The first kappa shape index (κ1) is 17.0. The maximum Gasteiger partial charge on any atom is 0.171 e. The first-order valence-corrected chi connectivity index (χ1v) is 9.86. The van der Waals surface area contributed by atoms with Gasteiger partial charge in [0.15, 0.2) is 10.9 Å². The molecule has 7 heteroatoms. The zero-order valence-corrected chi connectivity index (χ0v) is 15.3. The summed E-state index contributed by atoms with van der Waals surface area (Å²) in [6.07, 6.45) is 3.82. The van der Waals surface area contributed by atoms with Crippen LogP contribution in [0.15, 0.2) is 34.7 Å². The second-order valence-corrected chi connectivity index (χ2v) is 7.89. The molecule has 0 bridgehead atoms. The van der Waals surface area contributed by atoms with Gasteiger partial charge in [-0.05, 0) is 30.5 Å². The fourth-order valence-corrected chi connectivity index (χ4v) is 4.27. The number of halogens is 1. The number of hydrogen-bond acceptors (Lipinski definition) is 6. The van der Waals surface area contributed by atoms with E-state index in [1.54, 1.807) is 18.0 Å². The summed E-state index contributed by atoms with van der Waals surface area (Å²) in [4.78, 5) is 7.82. The Labute approximate surface area is 149 Å². The molecule has 0 amide bonds. The Bertz CT molecular complexity index is 638. The van der Waals surface area contributed by atoms with Crippen LogP contribution in [0.2, 0.25) is 5.15 Å². The number of hydrogen-bond donors (Lipinski definition) is 0. The average molecular weight is 371 g/mol. The maximum atomic E-state index is 6.01. The molecule has 23 heavy (non-hydrogen) atoms. The molecule has 3 heterocycles. The lowest BCUT2D eigenvalue weighted by atomic mass is 10.2. The number of nitrogens with zero attached hydrogens (tertiary/aromatic N) is 2. The molecule has 1 unspecified atom stereocenters. The van der Waals surface area contributed by atoms with Crippen molar-refractivity contribution in [3.63, 3.8) is 0 Å². The molecule has 1 fully saturated rings. The van der Waals surface area contributed by atoms with Gasteiger partial charge in [-0.1, -0.05) is 11.6 Å². The van der Waals surface area contributed by atoms with Crippen LogP contribution in [0.1, 0.15) is 4.88 Å². The first-order chi connectivity index (χ1) is 11.2. The van der Waals surface area contributed by atoms with Crippen LogP contribution in [0.25, 0.3) is 0 Å². The zero-order chi connectivity index (χ0) is 16.1. The van der Waals surface area contributed by atoms with Crippen molar-refractivity contribution in [3.8, 4) is 5.75 Å². The standard InChI is InChI=1S/C16H19ClN2O2S2/c1-22-15-5-4-13(23-15)10-19-7-8-20-12(9-19)11-21-14-3-2-6-18-16(14)17/h2-6,12H,7-11H2,1H3. The fraction of sp³-hybridized carbons (Fsp3) is 0.438. The highest BCUT2D eigenvalue weighted by Gasteiger charge is 2.22. The van der Waals surface area contributed by atoms with Crippen LogP contribution in [0, 0.1) is 0 Å². The van der Waals surface area contributed by atoms with Gasteiger partial charge in [0.1, 0.15) is 12.7 Å². The maximum absolute atomic E-state index is 6.01. The fourth-order valence-electron chi connectivity index (χ4n) is 2.46. The summed E-state index contributed by atoms with van der Waals surface area (Å²) in [5, 5.41) is 0.392. The van der Waals surface area contributed by atoms with Gasteiger partial charge in [0, 0.05) is 30.7 Å². The van der Waals surface area contributed by atoms with E-state index in [2.05, 4.69) is 28.3 Å². The van der Waals surface area contributed by atoms with E-state index >= 15 is 0 Å². The van der Waals surface area contributed by atoms with Crippen molar-refractivity contribution < 1.29 is 9.47 Å². The van der Waals surface area contributed by atoms with Crippen molar-refractivity contribution in [1.82, 2.24) is 9.88 Å². The van der Waals surface area contributed by atoms with E-state index in [1.165, 1.54) is 9.09 Å². The largest absolute Gasteiger partial charge is 0.488 e. The van der Waals surface area contributed by atoms with Gasteiger partial charge in [0.05, 0.1) is 10.8 Å². The molecule has 0 N–H and O–H groups in total. The lowest BCUT2D eigenvalue weighted by molar-refractivity contribution is -0.0501. The Balaban J connectivity index is 1.51. The number of rotatable bonds is 6. The molecular weight excluding hydrogens is 352 g/mol. The van der Waals surface area contributed by atoms with Gasteiger partial charge in [-0.15, -0.1) is 23.1 Å². The third-order valence-corrected chi connectivity index (χ3v) is 6.03. The zero-order valence-electron chi connectivity index (χ0n) is 12.9. The number of pyridine rings is 1. The molecule has 1 atom stereocenters. The van der Waals surface area contributed by atoms with Gasteiger partial charge in [0.2, 0.25) is 0 Å². The minimum Gasteiger partial charge on any atom is -0.488 e. The van der Waals surface area contributed by atoms with E-state index in [-0.39, 0.29) is 6.10 Å². The Morgan fingerprint density at radius 3 is 3.17 bits per heavy atom. The van der Waals surface area contributed by atoms with Gasteiger partial charge in [-0.3, -0.25) is 4.90 Å². The highest BCUT2D eigenvalue weighted by molar-refractivity contribution is 8.00. The third-order valence-electron chi connectivity index (χ3n) is 3.59. The molecule has 4 nitrogen and oxygen atoms in total. The molecule has 0 aromatic carbocycles. The Hall–Kier alpha value is -0.790. The van der Waals surface area contributed by atoms with E-state index < -0.39 is 0 Å². The normalized spacial score (nSPS) is 19.0. The van der Waals surface area contributed by atoms with E-state index in [0.29, 0.717) is 17.5 Å². The van der Waals surface area contributed by atoms with E-state index in [1.807, 2.05) is 23.5 Å². The summed E-state index contributed by atoms with van der Waals surface area (Å²) in [5.41, 5.74) is 0. The molecule has 0 aliphatic carbocycles. The summed E-state index contributed by atoms with van der Waals surface area (Å²) in [6, 6.07) is 8.05. The van der Waals surface area contributed by atoms with Crippen molar-refractivity contribution in [2.45, 2.75) is 16.9 Å². The van der Waals surface area contributed by atoms with Crippen LogP contribution >= 0.6 is 34.7 Å². The Kier molecular flexibility index (Phi) is 6.19. The Morgan fingerprint density at radius 2 is 2.39 bits per heavy atom. The van der Waals surface area contributed by atoms with Gasteiger partial charge in [-0.25, -0.2) is 4.98 Å². The molecule has 0 saturated carbocycles. The van der Waals surface area contributed by atoms with Crippen LogP contribution in [0.3, 0.4) is 0 Å². The predicted octanol–water partition coefficient (Wildman–Crippen LogP) is 3.80. The van der Waals surface area contributed by atoms with Gasteiger partial charge < -0.3 is 9.47 Å². The quantitative estimate of drug-likeness (QED) is 0.570. The molecular formula is C16H19ClN2O2S2. The average Bonchev–Trinajstić information content (AvgIpc) is 3.02. The van der Waals surface area contributed by atoms with Crippen molar-refractivity contribution >= 4 is 34.7 Å². The Morgan fingerprint density at radius 1 is 1.48 bits per heavy atom. The molecule has 0 radical (unpaired) electrons. The molecule has 1 saturated heterocycles. The van der Waals surface area contributed by atoms with Crippen molar-refractivity contribution in [2.24, 2.45) is 0 Å². The molecule has 124 valence electrons. The lowest BCUT2D eigenvalue weighted by Crippen LogP contribution is -2.44. The minimum absolute atomic E-state index is 0.0556. The van der Waals surface area contributed by atoms with Crippen LogP contribution in [-0.4, -0.2) is 48.5 Å². The molecule has 2 aromatic heterocycles. The summed E-state index contributed by atoms with van der Waals surface area (Å²) >= 11 is 9.67. The first-order valence-electron chi connectivity index (χ1n) is 7.44. The van der Waals surface area contributed by atoms with Gasteiger partial charge >= 0.3 is 0 Å². The minimum atomic E-state index is 0.0556. The summed E-state index contributed by atoms with van der Waals surface area (Å²) in [6.45, 7) is 4.01. The number of ether oxygens (including phenoxy) is 2. The summed E-state index contributed by atoms with van der Waals surface area (Å²) in [5.74, 6) is 0.609.